The molecule has 0 spiro atoms. The number of nitriles is 1. The van der Waals surface area contributed by atoms with Gasteiger partial charge in [-0.1, -0.05) is 19.9 Å². The maximum atomic E-state index is 12.2. The van der Waals surface area contributed by atoms with Crippen LogP contribution in [-0.4, -0.2) is 28.0 Å². The molecule has 3 aromatic rings. The van der Waals surface area contributed by atoms with Gasteiger partial charge < -0.3 is 10.1 Å². The second-order valence-corrected chi connectivity index (χ2v) is 5.86. The minimum atomic E-state index is -0.192. The molecule has 1 amide bonds. The van der Waals surface area contributed by atoms with Crippen molar-refractivity contribution in [2.75, 3.05) is 12.4 Å². The Bertz CT molecular complexity index is 1000. The molecule has 0 aliphatic carbocycles. The molecule has 1 N–H and O–H groups in total. The van der Waals surface area contributed by atoms with E-state index in [4.69, 9.17) is 10.00 Å². The van der Waals surface area contributed by atoms with Crippen molar-refractivity contribution >= 4 is 11.7 Å². The average Bonchev–Trinajstić information content (AvgIpc) is 2.77. The summed E-state index contributed by atoms with van der Waals surface area (Å²) < 4.78 is 5.23. The Morgan fingerprint density at radius 3 is 2.52 bits per heavy atom. The fourth-order valence-electron chi connectivity index (χ4n) is 2.48. The number of amides is 1. The van der Waals surface area contributed by atoms with Gasteiger partial charge in [0.25, 0.3) is 0 Å². The van der Waals surface area contributed by atoms with Crippen LogP contribution in [0.2, 0.25) is 0 Å². The van der Waals surface area contributed by atoms with Gasteiger partial charge in [-0.05, 0) is 30.7 Å². The highest BCUT2D eigenvalue weighted by molar-refractivity contribution is 5.91. The van der Waals surface area contributed by atoms with E-state index in [1.54, 1.807) is 43.9 Å². The lowest BCUT2D eigenvalue weighted by molar-refractivity contribution is -0.115. The van der Waals surface area contributed by atoms with Crippen molar-refractivity contribution in [1.29, 1.82) is 5.26 Å². The summed E-state index contributed by atoms with van der Waals surface area (Å²) in [5.41, 5.74) is 3.56. The quantitative estimate of drug-likeness (QED) is 0.700. The Hall–Kier alpha value is -3.79. The van der Waals surface area contributed by atoms with Crippen LogP contribution in [0, 0.1) is 18.3 Å². The monoisotopic (exact) mass is 391 g/mol. The van der Waals surface area contributed by atoms with Crippen molar-refractivity contribution in [1.82, 2.24) is 15.0 Å². The molecule has 0 atom stereocenters. The number of aryl methyl sites for hydroxylation is 1. The third-order valence-corrected chi connectivity index (χ3v) is 3.90. The molecule has 0 radical (unpaired) electrons. The summed E-state index contributed by atoms with van der Waals surface area (Å²) in [5, 5.41) is 11.5. The van der Waals surface area contributed by atoms with Gasteiger partial charge in [0.15, 0.2) is 0 Å². The van der Waals surface area contributed by atoms with Crippen molar-refractivity contribution in [3.05, 3.63) is 65.7 Å². The van der Waals surface area contributed by atoms with Crippen molar-refractivity contribution in [2.45, 2.75) is 27.2 Å². The summed E-state index contributed by atoms with van der Waals surface area (Å²) in [6.45, 7) is 5.88. The topological polar surface area (TPSA) is 101 Å². The highest BCUT2D eigenvalue weighted by Crippen LogP contribution is 2.20. The van der Waals surface area contributed by atoms with Gasteiger partial charge in [0.05, 0.1) is 19.2 Å². The third-order valence-electron chi connectivity index (χ3n) is 3.90. The Kier molecular flexibility index (Phi) is 7.80. The molecule has 150 valence electrons. The second kappa shape index (κ2) is 10.5. The molecular weight excluding hydrogens is 366 g/mol. The first-order valence-corrected chi connectivity index (χ1v) is 9.21. The first kappa shape index (κ1) is 21.5. The zero-order chi connectivity index (χ0) is 21.2. The standard InChI is InChI=1S/C20H17N5O2.C2H6.H2/c1-13-10-24-19(8-18(13)27-2)25-20(26)7-14-3-6-17(23-11-14)15-4-5-16(9-21)22-12-15;1-2;/h3-6,8,10-12H,7H2,1-2H3,(H,24,25,26);1-2H3;1H. The fraction of sp³-hybridized carbons (Fsp3) is 0.227. The highest BCUT2D eigenvalue weighted by Gasteiger charge is 2.08. The smallest absolute Gasteiger partial charge is 0.230 e. The predicted octanol–water partition coefficient (Wildman–Crippen LogP) is 4.18. The number of carbonyl (C=O) groups is 1. The van der Waals surface area contributed by atoms with Crippen LogP contribution in [0.15, 0.2) is 48.9 Å². The van der Waals surface area contributed by atoms with Gasteiger partial charge in [-0.3, -0.25) is 9.78 Å². The number of hydrogen-bond donors (Lipinski definition) is 1. The summed E-state index contributed by atoms with van der Waals surface area (Å²) in [6, 6.07) is 10.7. The predicted molar refractivity (Wildman–Crippen MR) is 114 cm³/mol. The molecule has 0 unspecified atom stereocenters. The molecule has 7 nitrogen and oxygen atoms in total. The van der Waals surface area contributed by atoms with E-state index in [1.165, 1.54) is 0 Å². The molecule has 3 aromatic heterocycles. The van der Waals surface area contributed by atoms with Crippen LogP contribution in [0.1, 0.15) is 32.1 Å². The summed E-state index contributed by atoms with van der Waals surface area (Å²) in [4.78, 5) is 24.8. The number of anilines is 1. The van der Waals surface area contributed by atoms with Gasteiger partial charge in [0, 0.05) is 37.2 Å². The van der Waals surface area contributed by atoms with Crippen LogP contribution in [0.3, 0.4) is 0 Å². The van der Waals surface area contributed by atoms with E-state index in [0.29, 0.717) is 17.3 Å². The second-order valence-electron chi connectivity index (χ2n) is 5.86. The molecule has 0 saturated carbocycles. The zero-order valence-electron chi connectivity index (χ0n) is 16.9. The van der Waals surface area contributed by atoms with E-state index >= 15 is 0 Å². The number of nitrogens with zero attached hydrogens (tertiary/aromatic N) is 4. The van der Waals surface area contributed by atoms with Crippen molar-refractivity contribution in [3.63, 3.8) is 0 Å². The Labute approximate surface area is 171 Å². The van der Waals surface area contributed by atoms with E-state index in [2.05, 4.69) is 20.3 Å². The maximum Gasteiger partial charge on any atom is 0.230 e. The molecule has 0 fully saturated rings. The van der Waals surface area contributed by atoms with Crippen LogP contribution in [0.5, 0.6) is 5.75 Å². The Balaban J connectivity index is 0.00000146. The number of hydrogen-bond acceptors (Lipinski definition) is 6. The minimum absolute atomic E-state index is 0. The maximum absolute atomic E-state index is 12.2. The van der Waals surface area contributed by atoms with E-state index in [9.17, 15) is 4.79 Å². The van der Waals surface area contributed by atoms with Gasteiger partial charge in [0.2, 0.25) is 5.91 Å². The molecule has 0 bridgehead atoms. The SMILES string of the molecule is CC.COc1cc(NC(=O)Cc2ccc(-c3ccc(C#N)nc3)nc2)ncc1C.[HH]. The lowest BCUT2D eigenvalue weighted by Gasteiger charge is -2.08. The van der Waals surface area contributed by atoms with Gasteiger partial charge >= 0.3 is 0 Å². The molecule has 3 rings (SSSR count). The van der Waals surface area contributed by atoms with Crippen molar-refractivity contribution in [2.24, 2.45) is 0 Å². The van der Waals surface area contributed by atoms with Crippen molar-refractivity contribution in [3.8, 4) is 23.1 Å². The van der Waals surface area contributed by atoms with Crippen LogP contribution in [0.25, 0.3) is 11.3 Å². The van der Waals surface area contributed by atoms with Crippen LogP contribution in [-0.2, 0) is 11.2 Å². The highest BCUT2D eigenvalue weighted by atomic mass is 16.5. The molecule has 0 saturated heterocycles. The lowest BCUT2D eigenvalue weighted by Crippen LogP contribution is -2.15. The molecular formula is C22H25N5O2. The van der Waals surface area contributed by atoms with E-state index < -0.39 is 0 Å². The number of aromatic nitrogens is 3. The number of methoxy groups -OCH3 is 1. The number of ether oxygens (including phenoxy) is 1. The summed E-state index contributed by atoms with van der Waals surface area (Å²) in [7, 11) is 1.57. The zero-order valence-corrected chi connectivity index (χ0v) is 16.9. The molecule has 0 aromatic carbocycles. The van der Waals surface area contributed by atoms with E-state index in [1.807, 2.05) is 39.0 Å². The third kappa shape index (κ3) is 5.84. The minimum Gasteiger partial charge on any atom is -0.496 e. The first-order chi connectivity index (χ1) is 14.1. The molecule has 7 heteroatoms. The number of pyridine rings is 3. The van der Waals surface area contributed by atoms with Gasteiger partial charge in [-0.2, -0.15) is 5.26 Å². The molecule has 29 heavy (non-hydrogen) atoms. The summed E-state index contributed by atoms with van der Waals surface area (Å²) in [5.74, 6) is 0.918. The van der Waals surface area contributed by atoms with Gasteiger partial charge in [-0.25, -0.2) is 9.97 Å². The number of rotatable bonds is 5. The normalized spacial score (nSPS) is 9.62. The summed E-state index contributed by atoms with van der Waals surface area (Å²) >= 11 is 0. The van der Waals surface area contributed by atoms with Crippen LogP contribution >= 0.6 is 0 Å². The molecule has 0 aliphatic rings. The fourth-order valence-corrected chi connectivity index (χ4v) is 2.48. The van der Waals surface area contributed by atoms with Crippen LogP contribution in [0.4, 0.5) is 5.82 Å². The molecule has 3 heterocycles. The lowest BCUT2D eigenvalue weighted by atomic mass is 10.1. The van der Waals surface area contributed by atoms with E-state index in [0.717, 1.165) is 22.4 Å². The Morgan fingerprint density at radius 1 is 1.14 bits per heavy atom. The Morgan fingerprint density at radius 2 is 1.93 bits per heavy atom. The molecule has 0 aliphatic heterocycles. The number of nitrogens with one attached hydrogen (secondary N) is 1. The van der Waals surface area contributed by atoms with E-state index in [-0.39, 0.29) is 13.8 Å². The summed E-state index contributed by atoms with van der Waals surface area (Å²) in [6.07, 6.45) is 5.08. The van der Waals surface area contributed by atoms with Crippen LogP contribution < -0.4 is 10.1 Å². The van der Waals surface area contributed by atoms with Crippen molar-refractivity contribution < 1.29 is 11.0 Å². The number of carbonyl (C=O) groups excluding carboxylic acids is 1. The van der Waals surface area contributed by atoms with Gasteiger partial charge in [0.1, 0.15) is 23.3 Å². The first-order valence-electron chi connectivity index (χ1n) is 9.21. The van der Waals surface area contributed by atoms with Gasteiger partial charge in [-0.15, -0.1) is 0 Å². The largest absolute Gasteiger partial charge is 0.496 e. The average molecular weight is 391 g/mol.